The van der Waals surface area contributed by atoms with Gasteiger partial charge in [0.05, 0.1) is 11.3 Å². The summed E-state index contributed by atoms with van der Waals surface area (Å²) in [7, 11) is 3.27. The Morgan fingerprint density at radius 3 is 2.52 bits per heavy atom. The van der Waals surface area contributed by atoms with Crippen molar-refractivity contribution < 1.29 is 9.59 Å². The lowest BCUT2D eigenvalue weighted by atomic mass is 9.93. The van der Waals surface area contributed by atoms with Crippen LogP contribution in [0.4, 0.5) is 9.80 Å². The molecule has 118 valence electrons. The van der Waals surface area contributed by atoms with Crippen LogP contribution in [-0.2, 0) is 0 Å². The summed E-state index contributed by atoms with van der Waals surface area (Å²) in [6.45, 7) is 4.20. The molecule has 0 aromatic carbocycles. The lowest BCUT2D eigenvalue weighted by Crippen LogP contribution is -2.28. The maximum absolute atomic E-state index is 11.8. The molecule has 0 fully saturated rings. The Bertz CT molecular complexity index is 499. The highest BCUT2D eigenvalue weighted by atomic mass is 32.1. The number of hydrogen-bond acceptors (Lipinski definition) is 4. The Kier molecular flexibility index (Phi) is 6.61. The van der Waals surface area contributed by atoms with Gasteiger partial charge in [-0.2, -0.15) is 4.37 Å². The first-order valence-corrected chi connectivity index (χ1v) is 7.97. The van der Waals surface area contributed by atoms with Crippen LogP contribution in [0.3, 0.4) is 0 Å². The van der Waals surface area contributed by atoms with E-state index in [1.807, 2.05) is 0 Å². The van der Waals surface area contributed by atoms with Crippen LogP contribution in [0.1, 0.15) is 61.5 Å². The molecule has 0 aliphatic rings. The molecule has 1 atom stereocenters. The average Bonchev–Trinajstić information content (AvgIpc) is 2.83. The number of amides is 3. The third-order valence-corrected chi connectivity index (χ3v) is 4.15. The fourth-order valence-electron chi connectivity index (χ4n) is 2.10. The zero-order chi connectivity index (χ0) is 16.0. The highest BCUT2D eigenvalue weighted by molar-refractivity contribution is 7.11. The highest BCUT2D eigenvalue weighted by Crippen LogP contribution is 2.34. The maximum atomic E-state index is 11.8. The molecular weight excluding hydrogens is 288 g/mol. The number of anilines is 1. The molecular formula is C14H24N4O2S. The van der Waals surface area contributed by atoms with Gasteiger partial charge < -0.3 is 10.6 Å². The predicted molar refractivity (Wildman–Crippen MR) is 85.9 cm³/mol. The molecule has 3 amide bonds. The maximum Gasteiger partial charge on any atom is 0.321 e. The molecule has 1 aromatic heterocycles. The second kappa shape index (κ2) is 7.97. The molecule has 0 bridgehead atoms. The van der Waals surface area contributed by atoms with Gasteiger partial charge in [0.15, 0.2) is 0 Å². The van der Waals surface area contributed by atoms with E-state index in [1.54, 1.807) is 14.1 Å². The number of carbonyl (C=O) groups is 2. The van der Waals surface area contributed by atoms with Crippen molar-refractivity contribution in [1.82, 2.24) is 9.27 Å². The van der Waals surface area contributed by atoms with E-state index in [9.17, 15) is 9.59 Å². The molecule has 7 heteroatoms. The standard InChI is InChI=1S/C14H24N4O2S/c1-5-7-8-9(6-2)11-10(12(15)19)13(21-17-11)16-14(20)18(3)4/h9H,5-8H2,1-4H3,(H2,15,19)(H,16,20). The summed E-state index contributed by atoms with van der Waals surface area (Å²) in [5.41, 5.74) is 6.57. The van der Waals surface area contributed by atoms with E-state index in [4.69, 9.17) is 5.73 Å². The van der Waals surface area contributed by atoms with E-state index < -0.39 is 5.91 Å². The number of primary amides is 1. The van der Waals surface area contributed by atoms with Crippen LogP contribution in [0.25, 0.3) is 0 Å². The second-order valence-electron chi connectivity index (χ2n) is 5.21. The fourth-order valence-corrected chi connectivity index (χ4v) is 2.96. The van der Waals surface area contributed by atoms with Gasteiger partial charge in [-0.1, -0.05) is 26.7 Å². The Balaban J connectivity index is 3.08. The van der Waals surface area contributed by atoms with E-state index in [0.29, 0.717) is 10.6 Å². The molecule has 0 aliphatic heterocycles. The van der Waals surface area contributed by atoms with Crippen molar-refractivity contribution in [2.75, 3.05) is 19.4 Å². The smallest absolute Gasteiger partial charge is 0.321 e. The van der Waals surface area contributed by atoms with Crippen LogP contribution < -0.4 is 11.1 Å². The Labute approximate surface area is 129 Å². The van der Waals surface area contributed by atoms with Crippen LogP contribution in [0.5, 0.6) is 0 Å². The van der Waals surface area contributed by atoms with Crippen molar-refractivity contribution in [1.29, 1.82) is 0 Å². The summed E-state index contributed by atoms with van der Waals surface area (Å²) in [6.07, 6.45) is 4.04. The Morgan fingerprint density at radius 1 is 1.38 bits per heavy atom. The van der Waals surface area contributed by atoms with Gasteiger partial charge in [0.25, 0.3) is 5.91 Å². The normalized spacial score (nSPS) is 12.0. The number of nitrogens with two attached hydrogens (primary N) is 1. The topological polar surface area (TPSA) is 88.3 Å². The molecule has 0 spiro atoms. The van der Waals surface area contributed by atoms with Crippen molar-refractivity contribution in [3.05, 3.63) is 11.3 Å². The van der Waals surface area contributed by atoms with Gasteiger partial charge in [-0.15, -0.1) is 0 Å². The zero-order valence-corrected chi connectivity index (χ0v) is 13.9. The van der Waals surface area contributed by atoms with Crippen molar-refractivity contribution in [3.8, 4) is 0 Å². The Hall–Kier alpha value is -1.63. The SMILES string of the molecule is CCCCC(CC)c1nsc(NC(=O)N(C)C)c1C(N)=O. The molecule has 3 N–H and O–H groups in total. The van der Waals surface area contributed by atoms with Gasteiger partial charge in [-0.05, 0) is 24.4 Å². The number of carbonyl (C=O) groups excluding carboxylic acids is 2. The van der Waals surface area contributed by atoms with Gasteiger partial charge in [-0.25, -0.2) is 4.79 Å². The number of urea groups is 1. The van der Waals surface area contributed by atoms with Gasteiger partial charge in [0.2, 0.25) is 0 Å². The molecule has 0 radical (unpaired) electrons. The molecule has 6 nitrogen and oxygen atoms in total. The van der Waals surface area contributed by atoms with E-state index in [0.717, 1.165) is 42.9 Å². The van der Waals surface area contributed by atoms with Crippen LogP contribution in [0, 0.1) is 0 Å². The molecule has 0 saturated heterocycles. The molecule has 21 heavy (non-hydrogen) atoms. The number of aromatic nitrogens is 1. The zero-order valence-electron chi connectivity index (χ0n) is 13.1. The van der Waals surface area contributed by atoms with Gasteiger partial charge in [0, 0.05) is 20.0 Å². The predicted octanol–water partition coefficient (Wildman–Crippen LogP) is 3.02. The van der Waals surface area contributed by atoms with Crippen LogP contribution in [-0.4, -0.2) is 35.3 Å². The number of rotatable bonds is 7. The van der Waals surface area contributed by atoms with Crippen LogP contribution in [0.2, 0.25) is 0 Å². The number of hydrogen-bond donors (Lipinski definition) is 2. The summed E-state index contributed by atoms with van der Waals surface area (Å²) in [5.74, 6) is -0.337. The first-order chi connectivity index (χ1) is 9.92. The minimum absolute atomic E-state index is 0.203. The number of nitrogens with one attached hydrogen (secondary N) is 1. The summed E-state index contributed by atoms with van der Waals surface area (Å²) in [6, 6.07) is -0.297. The lowest BCUT2D eigenvalue weighted by molar-refractivity contribution is 0.1000. The summed E-state index contributed by atoms with van der Waals surface area (Å²) < 4.78 is 4.38. The van der Waals surface area contributed by atoms with E-state index in [2.05, 4.69) is 23.5 Å². The van der Waals surface area contributed by atoms with E-state index in [1.165, 1.54) is 4.90 Å². The minimum atomic E-state index is -0.539. The van der Waals surface area contributed by atoms with Crippen LogP contribution in [0.15, 0.2) is 0 Å². The molecule has 0 aliphatic carbocycles. The third kappa shape index (κ3) is 4.42. The van der Waals surface area contributed by atoms with Crippen molar-refractivity contribution in [3.63, 3.8) is 0 Å². The van der Waals surface area contributed by atoms with Gasteiger partial charge in [-0.3, -0.25) is 10.1 Å². The first-order valence-electron chi connectivity index (χ1n) is 7.19. The first kappa shape index (κ1) is 17.4. The minimum Gasteiger partial charge on any atom is -0.365 e. The fraction of sp³-hybridized carbons (Fsp3) is 0.643. The Morgan fingerprint density at radius 2 is 2.05 bits per heavy atom. The van der Waals surface area contributed by atoms with E-state index in [-0.39, 0.29) is 11.9 Å². The van der Waals surface area contributed by atoms with Crippen molar-refractivity contribution in [2.45, 2.75) is 45.4 Å². The van der Waals surface area contributed by atoms with Crippen molar-refractivity contribution in [2.24, 2.45) is 5.73 Å². The summed E-state index contributed by atoms with van der Waals surface area (Å²) in [4.78, 5) is 24.9. The molecule has 1 heterocycles. The van der Waals surface area contributed by atoms with E-state index >= 15 is 0 Å². The number of unbranched alkanes of at least 4 members (excludes halogenated alkanes) is 1. The largest absolute Gasteiger partial charge is 0.365 e. The second-order valence-corrected chi connectivity index (χ2v) is 5.98. The monoisotopic (exact) mass is 312 g/mol. The summed E-state index contributed by atoms with van der Waals surface area (Å²) >= 11 is 1.12. The van der Waals surface area contributed by atoms with Gasteiger partial charge >= 0.3 is 6.03 Å². The van der Waals surface area contributed by atoms with Gasteiger partial charge in [0.1, 0.15) is 5.00 Å². The molecule has 1 rings (SSSR count). The highest BCUT2D eigenvalue weighted by Gasteiger charge is 2.25. The summed E-state index contributed by atoms with van der Waals surface area (Å²) in [5, 5.41) is 3.13. The lowest BCUT2D eigenvalue weighted by Gasteiger charge is -2.14. The van der Waals surface area contributed by atoms with Crippen LogP contribution >= 0.6 is 11.5 Å². The quantitative estimate of drug-likeness (QED) is 0.811. The molecule has 1 unspecified atom stereocenters. The van der Waals surface area contributed by atoms with Crippen molar-refractivity contribution >= 4 is 28.5 Å². The number of nitrogens with zero attached hydrogens (tertiary/aromatic N) is 2. The average molecular weight is 312 g/mol. The molecule has 1 aromatic rings. The molecule has 0 saturated carbocycles. The third-order valence-electron chi connectivity index (χ3n) is 3.38.